The molecule has 0 aliphatic rings. The first-order valence-corrected chi connectivity index (χ1v) is 7.26. The molecule has 102 valence electrons. The topological polar surface area (TPSA) is 75.6 Å². The average molecular weight is 273 g/mol. The van der Waals surface area contributed by atoms with E-state index in [1.165, 1.54) is 24.3 Å². The van der Waals surface area contributed by atoms with Gasteiger partial charge in [0.15, 0.2) is 0 Å². The fourth-order valence-corrected chi connectivity index (χ4v) is 2.29. The van der Waals surface area contributed by atoms with E-state index >= 15 is 0 Å². The highest BCUT2D eigenvalue weighted by Crippen LogP contribution is 2.13. The van der Waals surface area contributed by atoms with Crippen LogP contribution in [-0.4, -0.2) is 33.3 Å². The normalized spacial score (nSPS) is 11.9. The Kier molecular flexibility index (Phi) is 5.58. The molecule has 0 saturated heterocycles. The van der Waals surface area contributed by atoms with Crippen molar-refractivity contribution in [2.45, 2.75) is 18.7 Å². The Morgan fingerprint density at radius 2 is 1.89 bits per heavy atom. The highest BCUT2D eigenvalue weighted by molar-refractivity contribution is 7.89. The largest absolute Gasteiger partial charge is 0.508 e. The summed E-state index contributed by atoms with van der Waals surface area (Å²) >= 11 is 0. The van der Waals surface area contributed by atoms with Crippen LogP contribution in [0.25, 0.3) is 0 Å². The summed E-state index contributed by atoms with van der Waals surface area (Å²) in [6, 6.07) is 5.38. The predicted molar refractivity (Wildman–Crippen MR) is 69.0 cm³/mol. The van der Waals surface area contributed by atoms with Crippen molar-refractivity contribution < 1.29 is 18.3 Å². The van der Waals surface area contributed by atoms with E-state index in [1.54, 1.807) is 0 Å². The summed E-state index contributed by atoms with van der Waals surface area (Å²) in [5.74, 6) is 0.466. The van der Waals surface area contributed by atoms with Crippen molar-refractivity contribution in [1.29, 1.82) is 0 Å². The molecule has 0 atom stereocenters. The Morgan fingerprint density at radius 3 is 2.44 bits per heavy atom. The maximum absolute atomic E-state index is 11.8. The van der Waals surface area contributed by atoms with Crippen LogP contribution < -0.4 is 4.72 Å². The standard InChI is InChI=1S/C12H19NO4S/c1-10(2)9-17-8-7-13-18(15,16)12-5-3-11(14)4-6-12/h3-6,10,13-14H,7-9H2,1-2H3. The third-order valence-corrected chi connectivity index (χ3v) is 3.61. The molecule has 0 heterocycles. The molecule has 0 aromatic heterocycles. The van der Waals surface area contributed by atoms with Crippen molar-refractivity contribution in [2.75, 3.05) is 19.8 Å². The van der Waals surface area contributed by atoms with Crippen LogP contribution in [-0.2, 0) is 14.8 Å². The van der Waals surface area contributed by atoms with Gasteiger partial charge in [0, 0.05) is 13.2 Å². The molecule has 2 N–H and O–H groups in total. The van der Waals surface area contributed by atoms with Gasteiger partial charge in [-0.2, -0.15) is 0 Å². The number of hydrogen-bond acceptors (Lipinski definition) is 4. The molecule has 0 aliphatic carbocycles. The van der Waals surface area contributed by atoms with Crippen LogP contribution in [0.3, 0.4) is 0 Å². The zero-order valence-corrected chi connectivity index (χ0v) is 11.4. The number of benzene rings is 1. The number of phenolic OH excluding ortho intramolecular Hbond substituents is 1. The molecule has 0 fully saturated rings. The molecule has 0 unspecified atom stereocenters. The van der Waals surface area contributed by atoms with Crippen molar-refractivity contribution in [3.05, 3.63) is 24.3 Å². The van der Waals surface area contributed by atoms with E-state index in [4.69, 9.17) is 9.84 Å². The Morgan fingerprint density at radius 1 is 1.28 bits per heavy atom. The second-order valence-corrected chi connectivity index (χ2v) is 6.13. The van der Waals surface area contributed by atoms with E-state index in [2.05, 4.69) is 4.72 Å². The van der Waals surface area contributed by atoms with Crippen LogP contribution in [0.15, 0.2) is 29.2 Å². The molecule has 0 radical (unpaired) electrons. The summed E-state index contributed by atoms with van der Waals surface area (Å²) in [4.78, 5) is 0.129. The zero-order valence-electron chi connectivity index (χ0n) is 10.6. The van der Waals surface area contributed by atoms with Gasteiger partial charge in [0.1, 0.15) is 5.75 Å². The third kappa shape index (κ3) is 5.03. The first-order valence-electron chi connectivity index (χ1n) is 5.78. The SMILES string of the molecule is CC(C)COCCNS(=O)(=O)c1ccc(O)cc1. The molecule has 0 amide bonds. The Balaban J connectivity index is 2.43. The third-order valence-electron chi connectivity index (χ3n) is 2.14. The summed E-state index contributed by atoms with van der Waals surface area (Å²) in [6.45, 7) is 5.24. The zero-order chi connectivity index (χ0) is 13.6. The van der Waals surface area contributed by atoms with E-state index in [1.807, 2.05) is 13.8 Å². The molecule has 18 heavy (non-hydrogen) atoms. The van der Waals surface area contributed by atoms with Crippen LogP contribution >= 0.6 is 0 Å². The second kappa shape index (κ2) is 6.72. The van der Waals surface area contributed by atoms with Gasteiger partial charge in [-0.15, -0.1) is 0 Å². The van der Waals surface area contributed by atoms with Gasteiger partial charge in [-0.25, -0.2) is 13.1 Å². The summed E-state index contributed by atoms with van der Waals surface area (Å²) in [5.41, 5.74) is 0. The minimum Gasteiger partial charge on any atom is -0.508 e. The lowest BCUT2D eigenvalue weighted by Crippen LogP contribution is -2.27. The number of hydrogen-bond donors (Lipinski definition) is 2. The summed E-state index contributed by atoms with van der Waals surface area (Å²) in [7, 11) is -3.52. The van der Waals surface area contributed by atoms with Gasteiger partial charge >= 0.3 is 0 Å². The molecular formula is C12H19NO4S. The fraction of sp³-hybridized carbons (Fsp3) is 0.500. The van der Waals surface area contributed by atoms with Crippen LogP contribution in [0, 0.1) is 5.92 Å². The van der Waals surface area contributed by atoms with Gasteiger partial charge in [-0.05, 0) is 30.2 Å². The number of sulfonamides is 1. The summed E-state index contributed by atoms with van der Waals surface area (Å²) in [5, 5.41) is 9.09. The molecule has 1 aromatic rings. The van der Waals surface area contributed by atoms with Gasteiger partial charge < -0.3 is 9.84 Å². The molecule has 0 bridgehead atoms. The van der Waals surface area contributed by atoms with Crippen LogP contribution in [0.5, 0.6) is 5.75 Å². The monoisotopic (exact) mass is 273 g/mol. The fourth-order valence-electron chi connectivity index (χ4n) is 1.28. The van der Waals surface area contributed by atoms with Crippen LogP contribution in [0.1, 0.15) is 13.8 Å². The highest BCUT2D eigenvalue weighted by Gasteiger charge is 2.12. The van der Waals surface area contributed by atoms with E-state index in [0.29, 0.717) is 19.1 Å². The van der Waals surface area contributed by atoms with E-state index in [-0.39, 0.29) is 17.2 Å². The summed E-state index contributed by atoms with van der Waals surface area (Å²) < 4.78 is 31.3. The molecule has 0 aliphatic heterocycles. The smallest absolute Gasteiger partial charge is 0.240 e. The molecule has 1 aromatic carbocycles. The Hall–Kier alpha value is -1.11. The Bertz CT molecular complexity index is 453. The quantitative estimate of drug-likeness (QED) is 0.735. The van der Waals surface area contributed by atoms with Gasteiger partial charge in [0.05, 0.1) is 11.5 Å². The number of rotatable bonds is 7. The second-order valence-electron chi connectivity index (χ2n) is 4.36. The van der Waals surface area contributed by atoms with Crippen molar-refractivity contribution in [3.63, 3.8) is 0 Å². The predicted octanol–water partition coefficient (Wildman–Crippen LogP) is 1.34. The van der Waals surface area contributed by atoms with Crippen molar-refractivity contribution >= 4 is 10.0 Å². The van der Waals surface area contributed by atoms with Gasteiger partial charge in [0.2, 0.25) is 10.0 Å². The number of phenols is 1. The lowest BCUT2D eigenvalue weighted by molar-refractivity contribution is 0.114. The van der Waals surface area contributed by atoms with Crippen molar-refractivity contribution in [1.82, 2.24) is 4.72 Å². The van der Waals surface area contributed by atoms with E-state index in [9.17, 15) is 8.42 Å². The number of aromatic hydroxyl groups is 1. The molecule has 1 rings (SSSR count). The molecule has 5 nitrogen and oxygen atoms in total. The van der Waals surface area contributed by atoms with Crippen molar-refractivity contribution in [2.24, 2.45) is 5.92 Å². The van der Waals surface area contributed by atoms with E-state index in [0.717, 1.165) is 0 Å². The summed E-state index contributed by atoms with van der Waals surface area (Å²) in [6.07, 6.45) is 0. The minimum absolute atomic E-state index is 0.0363. The van der Waals surface area contributed by atoms with Gasteiger partial charge in [0.25, 0.3) is 0 Å². The average Bonchev–Trinajstić information content (AvgIpc) is 2.28. The lowest BCUT2D eigenvalue weighted by atomic mass is 10.2. The molecular weight excluding hydrogens is 254 g/mol. The highest BCUT2D eigenvalue weighted by atomic mass is 32.2. The van der Waals surface area contributed by atoms with Gasteiger partial charge in [-0.1, -0.05) is 13.8 Å². The van der Waals surface area contributed by atoms with Crippen molar-refractivity contribution in [3.8, 4) is 5.75 Å². The Labute approximate surface area is 108 Å². The maximum Gasteiger partial charge on any atom is 0.240 e. The van der Waals surface area contributed by atoms with E-state index < -0.39 is 10.0 Å². The first-order chi connectivity index (χ1) is 8.42. The first kappa shape index (κ1) is 14.9. The number of nitrogens with one attached hydrogen (secondary N) is 1. The number of ether oxygens (including phenoxy) is 1. The van der Waals surface area contributed by atoms with Crippen LogP contribution in [0.4, 0.5) is 0 Å². The maximum atomic E-state index is 11.8. The minimum atomic E-state index is -3.52. The molecule has 0 spiro atoms. The molecule has 0 saturated carbocycles. The van der Waals surface area contributed by atoms with Gasteiger partial charge in [-0.3, -0.25) is 0 Å². The molecule has 6 heteroatoms. The van der Waals surface area contributed by atoms with Crippen LogP contribution in [0.2, 0.25) is 0 Å². The lowest BCUT2D eigenvalue weighted by Gasteiger charge is -2.08.